The molecular formula is C25H30N2O5. The number of rotatable bonds is 3. The van der Waals surface area contributed by atoms with Gasteiger partial charge in [0.1, 0.15) is 11.6 Å². The Morgan fingerprint density at radius 1 is 1.25 bits per heavy atom. The number of carbonyl (C=O) groups excluding carboxylic acids is 3. The van der Waals surface area contributed by atoms with E-state index in [4.69, 9.17) is 9.47 Å². The molecule has 1 aromatic heterocycles. The van der Waals surface area contributed by atoms with Gasteiger partial charge in [-0.3, -0.25) is 9.59 Å². The predicted octanol–water partition coefficient (Wildman–Crippen LogP) is 3.83. The molecule has 32 heavy (non-hydrogen) atoms. The van der Waals surface area contributed by atoms with Crippen molar-refractivity contribution in [3.05, 3.63) is 47.2 Å². The van der Waals surface area contributed by atoms with E-state index in [1.165, 1.54) is 7.11 Å². The molecule has 0 radical (unpaired) electrons. The Balaban J connectivity index is 1.82. The summed E-state index contributed by atoms with van der Waals surface area (Å²) in [5.41, 5.74) is 2.81. The second kappa shape index (κ2) is 8.11. The SMILES string of the molecule is C/C=C1/C(=O)N2[C@@H](C(=O)OC(C)(C)C)Cc3c([nH]c4ccccc34)[C@@H]2C[C@@H]1CC(=O)OC. The monoisotopic (exact) mass is 438 g/mol. The van der Waals surface area contributed by atoms with Gasteiger partial charge in [0.2, 0.25) is 0 Å². The second-order valence-electron chi connectivity index (χ2n) is 9.50. The van der Waals surface area contributed by atoms with E-state index < -0.39 is 17.6 Å². The van der Waals surface area contributed by atoms with Crippen LogP contribution in [0.15, 0.2) is 35.9 Å². The molecule has 1 saturated heterocycles. The molecule has 2 aromatic rings. The lowest BCUT2D eigenvalue weighted by molar-refractivity contribution is -0.168. The summed E-state index contributed by atoms with van der Waals surface area (Å²) in [4.78, 5) is 44.1. The molecule has 1 aromatic carbocycles. The largest absolute Gasteiger partial charge is 0.469 e. The number of allylic oxidation sites excluding steroid dienone is 1. The number of piperidine rings is 1. The van der Waals surface area contributed by atoms with Crippen LogP contribution in [0.5, 0.6) is 0 Å². The van der Waals surface area contributed by atoms with Gasteiger partial charge in [0, 0.05) is 34.5 Å². The fourth-order valence-electron chi connectivity index (χ4n) is 5.01. The van der Waals surface area contributed by atoms with Gasteiger partial charge < -0.3 is 19.4 Å². The lowest BCUT2D eigenvalue weighted by Crippen LogP contribution is -2.56. The number of nitrogens with one attached hydrogen (secondary N) is 1. The molecule has 0 spiro atoms. The summed E-state index contributed by atoms with van der Waals surface area (Å²) in [6.45, 7) is 7.26. The van der Waals surface area contributed by atoms with Gasteiger partial charge in [0.15, 0.2) is 0 Å². The number of nitrogens with zero attached hydrogens (tertiary/aromatic N) is 1. The molecule has 1 N–H and O–H groups in total. The lowest BCUT2D eigenvalue weighted by atomic mass is 9.78. The van der Waals surface area contributed by atoms with Gasteiger partial charge in [-0.05, 0) is 45.7 Å². The van der Waals surface area contributed by atoms with Gasteiger partial charge in [-0.2, -0.15) is 0 Å². The summed E-state index contributed by atoms with van der Waals surface area (Å²) in [6, 6.07) is 6.86. The number of aromatic nitrogens is 1. The van der Waals surface area contributed by atoms with Crippen LogP contribution in [0.3, 0.4) is 0 Å². The third-order valence-corrected chi connectivity index (χ3v) is 6.31. The van der Waals surface area contributed by atoms with E-state index in [1.807, 2.05) is 45.0 Å². The normalized spacial score (nSPS) is 24.3. The molecule has 1 amide bonds. The number of esters is 2. The predicted molar refractivity (Wildman–Crippen MR) is 120 cm³/mol. The van der Waals surface area contributed by atoms with Crippen molar-refractivity contribution in [2.45, 2.75) is 64.6 Å². The minimum atomic E-state index is -0.729. The zero-order valence-electron chi connectivity index (χ0n) is 19.2. The number of fused-ring (bicyclic) bond motifs is 5. The smallest absolute Gasteiger partial charge is 0.329 e. The first-order chi connectivity index (χ1) is 15.1. The molecule has 3 heterocycles. The van der Waals surface area contributed by atoms with Gasteiger partial charge in [-0.15, -0.1) is 0 Å². The lowest BCUT2D eigenvalue weighted by Gasteiger charge is -2.46. The quantitative estimate of drug-likeness (QED) is 0.581. The fourth-order valence-corrected chi connectivity index (χ4v) is 5.01. The van der Waals surface area contributed by atoms with Crippen LogP contribution < -0.4 is 0 Å². The van der Waals surface area contributed by atoms with Gasteiger partial charge in [0.05, 0.1) is 19.6 Å². The molecule has 4 rings (SSSR count). The van der Waals surface area contributed by atoms with Crippen LogP contribution in [-0.4, -0.2) is 46.5 Å². The van der Waals surface area contributed by atoms with Crippen molar-refractivity contribution < 1.29 is 23.9 Å². The number of ether oxygens (including phenoxy) is 2. The third-order valence-electron chi connectivity index (χ3n) is 6.31. The number of hydrogen-bond acceptors (Lipinski definition) is 5. The zero-order chi connectivity index (χ0) is 23.2. The van der Waals surface area contributed by atoms with Crippen LogP contribution in [0, 0.1) is 5.92 Å². The first-order valence-corrected chi connectivity index (χ1v) is 11.0. The summed E-state index contributed by atoms with van der Waals surface area (Å²) in [6.07, 6.45) is 2.78. The van der Waals surface area contributed by atoms with Gasteiger partial charge in [-0.25, -0.2) is 4.79 Å². The Hall–Kier alpha value is -3.09. The van der Waals surface area contributed by atoms with Crippen LogP contribution in [0.4, 0.5) is 0 Å². The van der Waals surface area contributed by atoms with Crippen molar-refractivity contribution in [2.24, 2.45) is 5.92 Å². The Morgan fingerprint density at radius 2 is 1.97 bits per heavy atom. The average molecular weight is 439 g/mol. The molecule has 0 saturated carbocycles. The molecule has 7 nitrogen and oxygen atoms in total. The second-order valence-corrected chi connectivity index (χ2v) is 9.50. The fraction of sp³-hybridized carbons (Fsp3) is 0.480. The van der Waals surface area contributed by atoms with Crippen molar-refractivity contribution in [3.8, 4) is 0 Å². The van der Waals surface area contributed by atoms with E-state index in [-0.39, 0.29) is 30.3 Å². The number of hydrogen-bond donors (Lipinski definition) is 1. The van der Waals surface area contributed by atoms with Crippen molar-refractivity contribution in [3.63, 3.8) is 0 Å². The Kier molecular flexibility index (Phi) is 5.61. The van der Waals surface area contributed by atoms with E-state index in [9.17, 15) is 14.4 Å². The van der Waals surface area contributed by atoms with Gasteiger partial charge in [-0.1, -0.05) is 24.3 Å². The van der Waals surface area contributed by atoms with Crippen molar-refractivity contribution in [1.29, 1.82) is 0 Å². The Morgan fingerprint density at radius 3 is 2.62 bits per heavy atom. The van der Waals surface area contributed by atoms with Crippen molar-refractivity contribution >= 4 is 28.7 Å². The maximum absolute atomic E-state index is 13.7. The summed E-state index contributed by atoms with van der Waals surface area (Å²) < 4.78 is 10.6. The van der Waals surface area contributed by atoms with Crippen LogP contribution in [0.1, 0.15) is 57.8 Å². The van der Waals surface area contributed by atoms with Crippen molar-refractivity contribution in [1.82, 2.24) is 9.88 Å². The standard InChI is InChI=1S/C25H30N2O5/c1-6-15-14(12-21(28)31-5)11-19-22-17(16-9-7-8-10-18(16)26-22)13-20(27(19)23(15)29)24(30)32-25(2,3)4/h6-10,14,19-20,26H,11-13H2,1-5H3/b15-6+/t14-,19+,20-/m1/s1. The van der Waals surface area contributed by atoms with Crippen molar-refractivity contribution in [2.75, 3.05) is 7.11 Å². The highest BCUT2D eigenvalue weighted by Gasteiger charge is 2.49. The topological polar surface area (TPSA) is 88.7 Å². The molecule has 2 aliphatic rings. The average Bonchev–Trinajstić information content (AvgIpc) is 3.11. The molecule has 1 fully saturated rings. The van der Waals surface area contributed by atoms with Crippen LogP contribution >= 0.6 is 0 Å². The molecule has 0 bridgehead atoms. The highest BCUT2D eigenvalue weighted by molar-refractivity contribution is 5.99. The van der Waals surface area contributed by atoms with E-state index in [0.29, 0.717) is 18.4 Å². The van der Waals surface area contributed by atoms with E-state index >= 15 is 0 Å². The zero-order valence-corrected chi connectivity index (χ0v) is 19.2. The molecule has 170 valence electrons. The summed E-state index contributed by atoms with van der Waals surface area (Å²) in [5.74, 6) is -1.27. The molecular weight excluding hydrogens is 408 g/mol. The number of para-hydroxylation sites is 1. The highest BCUT2D eigenvalue weighted by atomic mass is 16.6. The van der Waals surface area contributed by atoms with Gasteiger partial charge in [0.25, 0.3) is 5.91 Å². The minimum Gasteiger partial charge on any atom is -0.469 e. The minimum absolute atomic E-state index is 0.124. The Bertz CT molecular complexity index is 1110. The van der Waals surface area contributed by atoms with Gasteiger partial charge >= 0.3 is 11.9 Å². The van der Waals surface area contributed by atoms with E-state index in [0.717, 1.165) is 22.2 Å². The molecule has 3 atom stereocenters. The molecule has 2 aliphatic heterocycles. The maximum Gasteiger partial charge on any atom is 0.329 e. The molecule has 7 heteroatoms. The highest BCUT2D eigenvalue weighted by Crippen LogP contribution is 2.46. The first kappa shape index (κ1) is 22.1. The number of carbonyl (C=O) groups is 3. The third kappa shape index (κ3) is 3.80. The molecule has 0 unspecified atom stereocenters. The Labute approximate surface area is 187 Å². The summed E-state index contributed by atoms with van der Waals surface area (Å²) >= 11 is 0. The number of benzene rings is 1. The van der Waals surface area contributed by atoms with E-state index in [1.54, 1.807) is 17.9 Å². The van der Waals surface area contributed by atoms with Crippen LogP contribution in [0.2, 0.25) is 0 Å². The summed E-state index contributed by atoms with van der Waals surface area (Å²) in [5, 5.41) is 1.05. The maximum atomic E-state index is 13.7. The van der Waals surface area contributed by atoms with E-state index in [2.05, 4.69) is 4.98 Å². The summed E-state index contributed by atoms with van der Waals surface area (Å²) in [7, 11) is 1.35. The number of aromatic amines is 1. The number of amides is 1. The first-order valence-electron chi connectivity index (χ1n) is 11.0. The number of methoxy groups -OCH3 is 1. The van der Waals surface area contributed by atoms with Crippen LogP contribution in [-0.2, 0) is 30.3 Å². The number of H-pyrrole nitrogens is 1. The molecule has 0 aliphatic carbocycles. The van der Waals surface area contributed by atoms with Crippen LogP contribution in [0.25, 0.3) is 10.9 Å².